The lowest BCUT2D eigenvalue weighted by Crippen LogP contribution is -2.13. The van der Waals surface area contributed by atoms with Crippen molar-refractivity contribution in [2.45, 2.75) is 19.4 Å². The molecule has 0 aliphatic heterocycles. The molecule has 0 saturated heterocycles. The van der Waals surface area contributed by atoms with Gasteiger partial charge >= 0.3 is 5.69 Å². The van der Waals surface area contributed by atoms with Gasteiger partial charge in [0, 0.05) is 17.2 Å². The summed E-state index contributed by atoms with van der Waals surface area (Å²) in [5.41, 5.74) is -0.196. The molecule has 0 saturated carbocycles. The van der Waals surface area contributed by atoms with Crippen molar-refractivity contribution in [1.82, 2.24) is 0 Å². The van der Waals surface area contributed by atoms with E-state index in [2.05, 4.69) is 0 Å². The Labute approximate surface area is 97.4 Å². The fourth-order valence-corrected chi connectivity index (χ4v) is 1.25. The maximum absolute atomic E-state index is 10.7. The number of nitrogens with zero attached hydrogens (tertiary/aromatic N) is 2. The molecule has 0 fully saturated rings. The molecule has 5 nitrogen and oxygen atoms in total. The molecular formula is C10H9ClN2O3. The van der Waals surface area contributed by atoms with Crippen LogP contribution in [-0.4, -0.2) is 11.0 Å². The summed E-state index contributed by atoms with van der Waals surface area (Å²) in [5.74, 6) is 0.0194. The van der Waals surface area contributed by atoms with Gasteiger partial charge in [0.05, 0.1) is 4.92 Å². The summed E-state index contributed by atoms with van der Waals surface area (Å²) in [7, 11) is 0. The average molecular weight is 241 g/mol. The lowest BCUT2D eigenvalue weighted by molar-refractivity contribution is -0.386. The van der Waals surface area contributed by atoms with E-state index >= 15 is 0 Å². The van der Waals surface area contributed by atoms with E-state index in [4.69, 9.17) is 21.6 Å². The highest BCUT2D eigenvalue weighted by atomic mass is 35.5. The van der Waals surface area contributed by atoms with Gasteiger partial charge in [-0.25, -0.2) is 0 Å². The van der Waals surface area contributed by atoms with E-state index in [0.717, 1.165) is 0 Å². The van der Waals surface area contributed by atoms with Gasteiger partial charge in [0.2, 0.25) is 0 Å². The van der Waals surface area contributed by atoms with Crippen molar-refractivity contribution in [2.24, 2.45) is 0 Å². The molecule has 0 spiro atoms. The Morgan fingerprint density at radius 2 is 2.38 bits per heavy atom. The molecule has 1 aromatic carbocycles. The number of halogens is 1. The first-order valence-electron chi connectivity index (χ1n) is 4.58. The SMILES string of the molecule is CCC(C#N)Oc1cc(Cl)ccc1[N+](=O)[O-]. The van der Waals surface area contributed by atoms with Crippen LogP contribution in [0.3, 0.4) is 0 Å². The molecule has 0 N–H and O–H groups in total. The van der Waals surface area contributed by atoms with Crippen LogP contribution in [0.5, 0.6) is 5.75 Å². The molecule has 1 atom stereocenters. The monoisotopic (exact) mass is 240 g/mol. The molecule has 0 radical (unpaired) electrons. The van der Waals surface area contributed by atoms with Gasteiger partial charge in [-0.15, -0.1) is 0 Å². The molecule has 0 aliphatic carbocycles. The van der Waals surface area contributed by atoms with E-state index in [9.17, 15) is 10.1 Å². The lowest BCUT2D eigenvalue weighted by atomic mass is 10.2. The third-order valence-electron chi connectivity index (χ3n) is 1.90. The van der Waals surface area contributed by atoms with Gasteiger partial charge in [-0.3, -0.25) is 10.1 Å². The molecule has 1 aromatic rings. The number of ether oxygens (including phenoxy) is 1. The van der Waals surface area contributed by atoms with E-state index in [0.29, 0.717) is 11.4 Å². The molecule has 0 bridgehead atoms. The number of rotatable bonds is 4. The first-order valence-corrected chi connectivity index (χ1v) is 4.96. The Bertz CT molecular complexity index is 442. The van der Waals surface area contributed by atoms with Crippen molar-refractivity contribution in [1.29, 1.82) is 5.26 Å². The largest absolute Gasteiger partial charge is 0.468 e. The van der Waals surface area contributed by atoms with E-state index < -0.39 is 11.0 Å². The van der Waals surface area contributed by atoms with Crippen LogP contribution in [0.15, 0.2) is 18.2 Å². The first-order chi connectivity index (χ1) is 7.58. The second-order valence-electron chi connectivity index (χ2n) is 3.01. The highest BCUT2D eigenvalue weighted by Gasteiger charge is 2.18. The van der Waals surface area contributed by atoms with Gasteiger partial charge in [0.15, 0.2) is 11.9 Å². The van der Waals surface area contributed by atoms with E-state index in [1.54, 1.807) is 6.92 Å². The summed E-state index contributed by atoms with van der Waals surface area (Å²) in [6, 6.07) is 5.89. The summed E-state index contributed by atoms with van der Waals surface area (Å²) in [4.78, 5) is 10.1. The highest BCUT2D eigenvalue weighted by molar-refractivity contribution is 6.30. The number of hydrogen-bond acceptors (Lipinski definition) is 4. The van der Waals surface area contributed by atoms with E-state index in [-0.39, 0.29) is 11.4 Å². The van der Waals surface area contributed by atoms with Crippen LogP contribution in [0, 0.1) is 21.4 Å². The predicted octanol–water partition coefficient (Wildman–Crippen LogP) is 2.93. The zero-order chi connectivity index (χ0) is 12.1. The van der Waals surface area contributed by atoms with E-state index in [1.165, 1.54) is 18.2 Å². The second kappa shape index (κ2) is 5.33. The second-order valence-corrected chi connectivity index (χ2v) is 3.45. The third kappa shape index (κ3) is 2.84. The zero-order valence-corrected chi connectivity index (χ0v) is 9.27. The van der Waals surface area contributed by atoms with Crippen LogP contribution < -0.4 is 4.74 Å². The smallest absolute Gasteiger partial charge is 0.311 e. The first kappa shape index (κ1) is 12.3. The Hall–Kier alpha value is -1.80. The van der Waals surface area contributed by atoms with Gasteiger partial charge in [0.25, 0.3) is 0 Å². The molecule has 1 unspecified atom stereocenters. The fourth-order valence-electron chi connectivity index (χ4n) is 1.09. The quantitative estimate of drug-likeness (QED) is 0.599. The Morgan fingerprint density at radius 1 is 1.69 bits per heavy atom. The van der Waals surface area contributed by atoms with Crippen molar-refractivity contribution in [3.8, 4) is 11.8 Å². The van der Waals surface area contributed by atoms with Crippen molar-refractivity contribution >= 4 is 17.3 Å². The van der Waals surface area contributed by atoms with Gasteiger partial charge in [-0.1, -0.05) is 18.5 Å². The highest BCUT2D eigenvalue weighted by Crippen LogP contribution is 2.30. The van der Waals surface area contributed by atoms with Crippen molar-refractivity contribution < 1.29 is 9.66 Å². The molecule has 1 rings (SSSR count). The van der Waals surface area contributed by atoms with Gasteiger partial charge in [-0.05, 0) is 12.5 Å². The van der Waals surface area contributed by atoms with Crippen molar-refractivity contribution in [2.75, 3.05) is 0 Å². The van der Waals surface area contributed by atoms with Crippen LogP contribution in [0.1, 0.15) is 13.3 Å². The van der Waals surface area contributed by atoms with E-state index in [1.807, 2.05) is 6.07 Å². The van der Waals surface area contributed by atoms with Crippen LogP contribution in [0.25, 0.3) is 0 Å². The summed E-state index contributed by atoms with van der Waals surface area (Å²) in [6.45, 7) is 1.75. The number of hydrogen-bond donors (Lipinski definition) is 0. The van der Waals surface area contributed by atoms with Crippen LogP contribution in [-0.2, 0) is 0 Å². The molecule has 16 heavy (non-hydrogen) atoms. The summed E-state index contributed by atoms with van der Waals surface area (Å²) in [5, 5.41) is 19.7. The maximum Gasteiger partial charge on any atom is 0.311 e. The maximum atomic E-state index is 10.7. The zero-order valence-electron chi connectivity index (χ0n) is 8.51. The summed E-state index contributed by atoms with van der Waals surface area (Å²) < 4.78 is 5.20. The summed E-state index contributed by atoms with van der Waals surface area (Å²) in [6.07, 6.45) is -0.266. The third-order valence-corrected chi connectivity index (χ3v) is 2.14. The van der Waals surface area contributed by atoms with Gasteiger partial charge in [-0.2, -0.15) is 5.26 Å². The summed E-state index contributed by atoms with van der Waals surface area (Å²) >= 11 is 5.71. The molecule has 0 aromatic heterocycles. The lowest BCUT2D eigenvalue weighted by Gasteiger charge is -2.10. The number of benzene rings is 1. The molecule has 84 valence electrons. The molecular weight excluding hydrogens is 232 g/mol. The Balaban J connectivity index is 3.06. The van der Waals surface area contributed by atoms with Gasteiger partial charge in [0.1, 0.15) is 6.07 Å². The Kier molecular flexibility index (Phi) is 4.09. The fraction of sp³-hybridized carbons (Fsp3) is 0.300. The van der Waals surface area contributed by atoms with Gasteiger partial charge < -0.3 is 4.74 Å². The molecule has 6 heteroatoms. The number of nitro groups is 1. The molecule has 0 amide bonds. The standard InChI is InChI=1S/C10H9ClN2O3/c1-2-8(6-12)16-10-5-7(11)3-4-9(10)13(14)15/h3-5,8H,2H2,1H3. The minimum atomic E-state index is -0.711. The van der Waals surface area contributed by atoms with Crippen molar-refractivity contribution in [3.63, 3.8) is 0 Å². The van der Waals surface area contributed by atoms with Crippen LogP contribution in [0.2, 0.25) is 5.02 Å². The minimum absolute atomic E-state index is 0.0194. The number of nitriles is 1. The predicted molar refractivity (Wildman–Crippen MR) is 58.4 cm³/mol. The topological polar surface area (TPSA) is 76.2 Å². The van der Waals surface area contributed by atoms with Crippen LogP contribution >= 0.6 is 11.6 Å². The Morgan fingerprint density at radius 3 is 2.88 bits per heavy atom. The molecule has 0 aliphatic rings. The van der Waals surface area contributed by atoms with Crippen LogP contribution in [0.4, 0.5) is 5.69 Å². The van der Waals surface area contributed by atoms with Crippen molar-refractivity contribution in [3.05, 3.63) is 33.3 Å². The molecule has 0 heterocycles. The normalized spacial score (nSPS) is 11.6. The minimum Gasteiger partial charge on any atom is -0.468 e. The average Bonchev–Trinajstić information content (AvgIpc) is 2.25. The number of nitro benzene ring substituents is 1.